The van der Waals surface area contributed by atoms with Crippen molar-refractivity contribution in [2.45, 2.75) is 39.3 Å². The molecule has 5 nitrogen and oxygen atoms in total. The molecule has 0 bridgehead atoms. The van der Waals surface area contributed by atoms with E-state index in [1.807, 2.05) is 68.1 Å². The van der Waals surface area contributed by atoms with Crippen molar-refractivity contribution in [1.82, 2.24) is 15.1 Å². The first-order valence-corrected chi connectivity index (χ1v) is 8.65. The maximum atomic E-state index is 13.1. The topological polar surface area (TPSA) is 52.7 Å². The monoisotopic (exact) mass is 331 g/mol. The van der Waals surface area contributed by atoms with E-state index in [0.717, 1.165) is 12.1 Å². The van der Waals surface area contributed by atoms with Crippen LogP contribution in [0.4, 0.5) is 0 Å². The van der Waals surface area contributed by atoms with E-state index in [9.17, 15) is 9.59 Å². The third-order valence-electron chi connectivity index (χ3n) is 4.52. The van der Waals surface area contributed by atoms with E-state index in [0.29, 0.717) is 25.9 Å². The van der Waals surface area contributed by atoms with Crippen LogP contribution in [0.2, 0.25) is 0 Å². The van der Waals surface area contributed by atoms with Gasteiger partial charge in [0.2, 0.25) is 11.8 Å². The molecule has 1 aliphatic carbocycles. The number of hydrogen-bond acceptors (Lipinski definition) is 3. The fourth-order valence-electron chi connectivity index (χ4n) is 2.77. The summed E-state index contributed by atoms with van der Waals surface area (Å²) in [7, 11) is 3.93. The van der Waals surface area contributed by atoms with Crippen LogP contribution in [0.1, 0.15) is 32.3 Å². The molecule has 24 heavy (non-hydrogen) atoms. The van der Waals surface area contributed by atoms with Gasteiger partial charge < -0.3 is 15.1 Å². The molecule has 0 atom stereocenters. The van der Waals surface area contributed by atoms with Gasteiger partial charge in [-0.15, -0.1) is 0 Å². The van der Waals surface area contributed by atoms with Crippen LogP contribution in [0.25, 0.3) is 0 Å². The zero-order chi connectivity index (χ0) is 17.7. The summed E-state index contributed by atoms with van der Waals surface area (Å²) in [5.41, 5.74) is 0.245. The smallest absolute Gasteiger partial charge is 0.238 e. The molecule has 0 aliphatic heterocycles. The van der Waals surface area contributed by atoms with E-state index in [1.165, 1.54) is 0 Å². The van der Waals surface area contributed by atoms with Crippen LogP contribution in [0, 0.1) is 5.41 Å². The predicted molar refractivity (Wildman–Crippen MR) is 95.4 cm³/mol. The Balaban J connectivity index is 2.04. The van der Waals surface area contributed by atoms with Gasteiger partial charge >= 0.3 is 0 Å². The third kappa shape index (κ3) is 4.35. The van der Waals surface area contributed by atoms with E-state index in [2.05, 4.69) is 5.32 Å². The Kier molecular flexibility index (Phi) is 5.99. The third-order valence-corrected chi connectivity index (χ3v) is 4.52. The molecule has 132 valence electrons. The van der Waals surface area contributed by atoms with Crippen LogP contribution in [0.5, 0.6) is 0 Å². The Hall–Kier alpha value is -1.88. The lowest BCUT2D eigenvalue weighted by molar-refractivity contribution is -0.146. The summed E-state index contributed by atoms with van der Waals surface area (Å²) in [6.45, 7) is 5.89. The average Bonchev–Trinajstić information content (AvgIpc) is 3.34. The van der Waals surface area contributed by atoms with Crippen molar-refractivity contribution in [3.8, 4) is 0 Å². The van der Waals surface area contributed by atoms with Gasteiger partial charge in [0.25, 0.3) is 0 Å². The average molecular weight is 331 g/mol. The minimum Gasteiger partial charge on any atom is -0.354 e. The fourth-order valence-corrected chi connectivity index (χ4v) is 2.77. The molecule has 0 aromatic heterocycles. The van der Waals surface area contributed by atoms with E-state index in [-0.39, 0.29) is 17.9 Å². The predicted octanol–water partition coefficient (Wildman–Crippen LogP) is 1.88. The van der Waals surface area contributed by atoms with Gasteiger partial charge in [-0.1, -0.05) is 30.3 Å². The van der Waals surface area contributed by atoms with Gasteiger partial charge in [0, 0.05) is 25.7 Å². The summed E-state index contributed by atoms with van der Waals surface area (Å²) in [4.78, 5) is 29.5. The Morgan fingerprint density at radius 1 is 1.17 bits per heavy atom. The minimum absolute atomic E-state index is 0.0382. The Labute approximate surface area is 145 Å². The number of nitrogens with zero attached hydrogens (tertiary/aromatic N) is 2. The van der Waals surface area contributed by atoms with Gasteiger partial charge in [-0.2, -0.15) is 0 Å². The van der Waals surface area contributed by atoms with E-state index < -0.39 is 5.41 Å². The highest BCUT2D eigenvalue weighted by Gasteiger charge is 2.58. The van der Waals surface area contributed by atoms with Crippen molar-refractivity contribution in [2.24, 2.45) is 5.41 Å². The summed E-state index contributed by atoms with van der Waals surface area (Å²) in [5.74, 6) is -0.156. The molecule has 0 heterocycles. The quantitative estimate of drug-likeness (QED) is 0.740. The zero-order valence-corrected chi connectivity index (χ0v) is 15.2. The van der Waals surface area contributed by atoms with Crippen molar-refractivity contribution in [1.29, 1.82) is 0 Å². The Morgan fingerprint density at radius 3 is 2.29 bits per heavy atom. The molecule has 1 saturated carbocycles. The molecule has 0 radical (unpaired) electrons. The summed E-state index contributed by atoms with van der Waals surface area (Å²) in [6, 6.07) is 9.99. The lowest BCUT2D eigenvalue weighted by Gasteiger charge is -2.30. The summed E-state index contributed by atoms with van der Waals surface area (Å²) >= 11 is 0. The minimum atomic E-state index is -0.842. The van der Waals surface area contributed by atoms with E-state index in [4.69, 9.17) is 0 Å². The lowest BCUT2D eigenvalue weighted by Crippen LogP contribution is -2.48. The highest BCUT2D eigenvalue weighted by Crippen LogP contribution is 2.48. The number of rotatable bonds is 8. The Morgan fingerprint density at radius 2 is 1.79 bits per heavy atom. The van der Waals surface area contributed by atoms with Gasteiger partial charge in [-0.3, -0.25) is 9.59 Å². The fraction of sp³-hybridized carbons (Fsp3) is 0.579. The first-order valence-electron chi connectivity index (χ1n) is 8.65. The van der Waals surface area contributed by atoms with E-state index in [1.54, 1.807) is 0 Å². The molecular formula is C19H29N3O2. The van der Waals surface area contributed by atoms with Crippen molar-refractivity contribution in [3.63, 3.8) is 0 Å². The maximum absolute atomic E-state index is 13.1. The largest absolute Gasteiger partial charge is 0.354 e. The highest BCUT2D eigenvalue weighted by atomic mass is 16.2. The van der Waals surface area contributed by atoms with Gasteiger partial charge in [-0.05, 0) is 46.3 Å². The molecule has 0 unspecified atom stereocenters. The number of amides is 2. The summed E-state index contributed by atoms with van der Waals surface area (Å²) in [6.07, 6.45) is 1.30. The molecule has 0 spiro atoms. The maximum Gasteiger partial charge on any atom is 0.238 e. The van der Waals surface area contributed by atoms with Gasteiger partial charge in [0.1, 0.15) is 5.41 Å². The van der Waals surface area contributed by atoms with Gasteiger partial charge in [0.05, 0.1) is 0 Å². The zero-order valence-electron chi connectivity index (χ0n) is 15.2. The SMILES string of the molecule is CC(C)N(Cc1ccccc1)C(=O)C1(C(=O)NCCN(C)C)CC1. The van der Waals surface area contributed by atoms with Crippen LogP contribution in [0.3, 0.4) is 0 Å². The second kappa shape index (κ2) is 7.79. The van der Waals surface area contributed by atoms with E-state index >= 15 is 0 Å². The number of likely N-dealkylation sites (N-methyl/N-ethyl adjacent to an activating group) is 1. The van der Waals surface area contributed by atoms with Crippen LogP contribution >= 0.6 is 0 Å². The van der Waals surface area contributed by atoms with Crippen molar-refractivity contribution in [2.75, 3.05) is 27.2 Å². The molecule has 1 N–H and O–H groups in total. The number of hydrogen-bond donors (Lipinski definition) is 1. The molecule has 1 aliphatic rings. The van der Waals surface area contributed by atoms with Crippen LogP contribution in [-0.2, 0) is 16.1 Å². The molecule has 2 rings (SSSR count). The number of benzene rings is 1. The summed E-state index contributed by atoms with van der Waals surface area (Å²) < 4.78 is 0. The van der Waals surface area contributed by atoms with Crippen LogP contribution < -0.4 is 5.32 Å². The standard InChI is InChI=1S/C19H29N3O2/c1-15(2)22(14-16-8-6-5-7-9-16)18(24)19(10-11-19)17(23)20-12-13-21(3)4/h5-9,15H,10-14H2,1-4H3,(H,20,23). The normalized spacial score (nSPS) is 15.4. The van der Waals surface area contributed by atoms with Crippen molar-refractivity contribution < 1.29 is 9.59 Å². The molecule has 5 heteroatoms. The lowest BCUT2D eigenvalue weighted by atomic mass is 10.0. The van der Waals surface area contributed by atoms with Gasteiger partial charge in [0.15, 0.2) is 0 Å². The molecular weight excluding hydrogens is 302 g/mol. The highest BCUT2D eigenvalue weighted by molar-refractivity contribution is 6.07. The van der Waals surface area contributed by atoms with Crippen LogP contribution in [-0.4, -0.2) is 54.8 Å². The second-order valence-electron chi connectivity index (χ2n) is 7.15. The molecule has 1 aromatic carbocycles. The second-order valence-corrected chi connectivity index (χ2v) is 7.15. The van der Waals surface area contributed by atoms with Gasteiger partial charge in [-0.25, -0.2) is 0 Å². The number of nitrogens with one attached hydrogen (secondary N) is 1. The molecule has 2 amide bonds. The molecule has 1 fully saturated rings. The Bertz CT molecular complexity index is 565. The number of carbonyl (C=O) groups excluding carboxylic acids is 2. The van der Waals surface area contributed by atoms with Crippen LogP contribution in [0.15, 0.2) is 30.3 Å². The van der Waals surface area contributed by atoms with Crippen molar-refractivity contribution in [3.05, 3.63) is 35.9 Å². The summed E-state index contributed by atoms with van der Waals surface area (Å²) in [5, 5.41) is 2.93. The number of carbonyl (C=O) groups is 2. The van der Waals surface area contributed by atoms with Crippen molar-refractivity contribution >= 4 is 11.8 Å². The molecule has 0 saturated heterocycles. The molecule has 1 aromatic rings. The first kappa shape index (κ1) is 18.5. The first-order chi connectivity index (χ1) is 11.4.